The number of thioether (sulfide) groups is 1. The Morgan fingerprint density at radius 3 is 2.24 bits per heavy atom. The maximum Gasteiger partial charge on any atom is 0.254 e. The number of ketones is 1. The van der Waals surface area contributed by atoms with Crippen molar-refractivity contribution < 1.29 is 19.2 Å². The molecule has 1 saturated heterocycles. The van der Waals surface area contributed by atoms with Gasteiger partial charge in [0.2, 0.25) is 17.6 Å². The van der Waals surface area contributed by atoms with Crippen molar-refractivity contribution in [2.75, 3.05) is 56.2 Å². The number of fused-ring (bicyclic) bond motifs is 1. The first kappa shape index (κ1) is 31.8. The van der Waals surface area contributed by atoms with Crippen molar-refractivity contribution in [3.8, 4) is 0 Å². The summed E-state index contributed by atoms with van der Waals surface area (Å²) in [5.41, 5.74) is 4.35. The molecule has 0 atom stereocenters. The second-order valence-electron chi connectivity index (χ2n) is 11.8. The fraction of sp³-hybridized carbons (Fsp3) is 0.343. The number of amidine groups is 1. The summed E-state index contributed by atoms with van der Waals surface area (Å²) in [5, 5.41) is 0.529. The number of rotatable bonds is 8. The maximum absolute atomic E-state index is 13.9. The molecule has 3 aromatic carbocycles. The number of hydrogen-bond acceptors (Lipinski definition) is 7. The largest absolute Gasteiger partial charge is 0.355 e. The summed E-state index contributed by atoms with van der Waals surface area (Å²) in [6.07, 6.45) is 0.953. The van der Waals surface area contributed by atoms with Gasteiger partial charge in [-0.3, -0.25) is 24.2 Å². The number of amides is 3. The molecular formula is C35H36ClN5O4S. The summed E-state index contributed by atoms with van der Waals surface area (Å²) < 4.78 is 0. The van der Waals surface area contributed by atoms with Crippen molar-refractivity contribution in [2.24, 2.45) is 4.99 Å². The lowest BCUT2D eigenvalue weighted by Gasteiger charge is -2.26. The summed E-state index contributed by atoms with van der Waals surface area (Å²) in [7, 11) is 1.86. The Kier molecular flexibility index (Phi) is 9.75. The lowest BCUT2D eigenvalue weighted by Crippen LogP contribution is -2.39. The molecule has 46 heavy (non-hydrogen) atoms. The lowest BCUT2D eigenvalue weighted by molar-refractivity contribution is -0.130. The molecule has 0 spiro atoms. The topological polar surface area (TPSA) is 93.6 Å². The van der Waals surface area contributed by atoms with E-state index in [-0.39, 0.29) is 43.1 Å². The molecule has 3 heterocycles. The number of carbonyl (C=O) groups excluding carboxylic acids is 4. The first-order valence-electron chi connectivity index (χ1n) is 15.5. The Morgan fingerprint density at radius 2 is 1.54 bits per heavy atom. The first-order chi connectivity index (χ1) is 22.3. The van der Waals surface area contributed by atoms with E-state index in [0.717, 1.165) is 53.5 Å². The van der Waals surface area contributed by atoms with Gasteiger partial charge in [-0.25, -0.2) is 0 Å². The number of anilines is 1. The van der Waals surface area contributed by atoms with Crippen LogP contribution in [0.1, 0.15) is 43.8 Å². The number of likely N-dealkylation sites (N-methyl/N-ethyl adjacent to an activating group) is 1. The second kappa shape index (κ2) is 14.1. The highest BCUT2D eigenvalue weighted by Crippen LogP contribution is 2.30. The van der Waals surface area contributed by atoms with Gasteiger partial charge in [-0.2, -0.15) is 11.8 Å². The van der Waals surface area contributed by atoms with E-state index in [4.69, 9.17) is 11.6 Å². The van der Waals surface area contributed by atoms with Crippen LogP contribution >= 0.6 is 23.4 Å². The molecule has 0 bridgehead atoms. The average Bonchev–Trinajstić information content (AvgIpc) is 3.46. The van der Waals surface area contributed by atoms with Gasteiger partial charge in [0.1, 0.15) is 6.54 Å². The second-order valence-corrected chi connectivity index (χ2v) is 13.4. The van der Waals surface area contributed by atoms with Crippen molar-refractivity contribution in [1.29, 1.82) is 0 Å². The molecule has 0 aromatic heterocycles. The quantitative estimate of drug-likeness (QED) is 0.330. The molecule has 0 saturated carbocycles. The van der Waals surface area contributed by atoms with Gasteiger partial charge in [0, 0.05) is 73.0 Å². The molecule has 3 amide bonds. The zero-order chi connectivity index (χ0) is 32.2. The van der Waals surface area contributed by atoms with Crippen molar-refractivity contribution >= 4 is 58.4 Å². The molecule has 6 rings (SSSR count). The Hall–Kier alpha value is -4.15. The van der Waals surface area contributed by atoms with E-state index in [1.807, 2.05) is 58.9 Å². The average molecular weight is 658 g/mol. The number of nitrogens with zero attached hydrogens (tertiary/aromatic N) is 5. The van der Waals surface area contributed by atoms with Crippen LogP contribution < -0.4 is 4.90 Å². The number of hydrogen-bond donors (Lipinski definition) is 0. The monoisotopic (exact) mass is 657 g/mol. The number of benzene rings is 3. The Bertz CT molecular complexity index is 1670. The van der Waals surface area contributed by atoms with Gasteiger partial charge in [0.15, 0.2) is 5.84 Å². The van der Waals surface area contributed by atoms with Crippen LogP contribution in [0.3, 0.4) is 0 Å². The number of Topliss-reactive ketones (excluding diaryl/α,β-unsaturated/α-hetero) is 1. The number of carbonyl (C=O) groups is 4. The molecule has 3 aromatic rings. The fourth-order valence-corrected chi connectivity index (χ4v) is 6.99. The summed E-state index contributed by atoms with van der Waals surface area (Å²) in [6.45, 7) is 3.31. The normalized spacial score (nSPS) is 16.7. The third-order valence-electron chi connectivity index (χ3n) is 8.62. The van der Waals surface area contributed by atoms with E-state index in [1.165, 1.54) is 0 Å². The van der Waals surface area contributed by atoms with Crippen LogP contribution in [0.4, 0.5) is 5.69 Å². The van der Waals surface area contributed by atoms with Gasteiger partial charge in [-0.05, 0) is 53.4 Å². The number of halogens is 1. The summed E-state index contributed by atoms with van der Waals surface area (Å²) in [4.78, 5) is 64.7. The molecule has 9 nitrogen and oxygen atoms in total. The first-order valence-corrected chi connectivity index (χ1v) is 17.0. The van der Waals surface area contributed by atoms with Gasteiger partial charge in [-0.1, -0.05) is 48.0 Å². The maximum atomic E-state index is 13.9. The molecule has 3 aliphatic heterocycles. The minimum absolute atomic E-state index is 0.0976. The minimum Gasteiger partial charge on any atom is -0.355 e. The van der Waals surface area contributed by atoms with Crippen LogP contribution in [0.25, 0.3) is 0 Å². The Labute approximate surface area is 278 Å². The van der Waals surface area contributed by atoms with Crippen LogP contribution in [-0.2, 0) is 29.1 Å². The predicted octanol–water partition coefficient (Wildman–Crippen LogP) is 4.56. The van der Waals surface area contributed by atoms with E-state index in [9.17, 15) is 19.2 Å². The Morgan fingerprint density at radius 1 is 0.848 bits per heavy atom. The standard InChI is InChI=1S/C35H36ClN5O4S/c1-38-15-14-37-34(38)33(44)26-6-3-25(4-7-26)21-41-30-20-24(5-13-31(42)39-16-18-46-19-17-39)2-8-28(30)22-40(23-32(41)43)35(45)27-9-11-29(36)12-10-27/h2-4,6-12,20H,5,13-19,21-23H2,1H3. The van der Waals surface area contributed by atoms with Crippen molar-refractivity contribution in [1.82, 2.24) is 14.7 Å². The van der Waals surface area contributed by atoms with Crippen molar-refractivity contribution in [3.05, 3.63) is 99.6 Å². The molecule has 0 radical (unpaired) electrons. The summed E-state index contributed by atoms with van der Waals surface area (Å²) >= 11 is 7.92. The van der Waals surface area contributed by atoms with Crippen LogP contribution in [-0.4, -0.2) is 95.3 Å². The van der Waals surface area contributed by atoms with E-state index >= 15 is 0 Å². The van der Waals surface area contributed by atoms with Crippen molar-refractivity contribution in [2.45, 2.75) is 25.9 Å². The highest BCUT2D eigenvalue weighted by atomic mass is 35.5. The van der Waals surface area contributed by atoms with E-state index in [2.05, 4.69) is 4.99 Å². The molecule has 238 valence electrons. The van der Waals surface area contributed by atoms with Crippen LogP contribution in [0, 0.1) is 0 Å². The smallest absolute Gasteiger partial charge is 0.254 e. The fourth-order valence-electron chi connectivity index (χ4n) is 5.96. The molecule has 0 N–H and O–H groups in total. The van der Waals surface area contributed by atoms with Crippen LogP contribution in [0.2, 0.25) is 5.02 Å². The lowest BCUT2D eigenvalue weighted by atomic mass is 10.0. The molecule has 11 heteroatoms. The van der Waals surface area contributed by atoms with Gasteiger partial charge >= 0.3 is 0 Å². The number of aryl methyl sites for hydroxylation is 1. The van der Waals surface area contributed by atoms with Crippen LogP contribution in [0.5, 0.6) is 0 Å². The van der Waals surface area contributed by atoms with E-state index in [0.29, 0.717) is 41.4 Å². The molecule has 1 fully saturated rings. The third kappa shape index (κ3) is 7.13. The SMILES string of the molecule is CN1CCN=C1C(=O)c1ccc(CN2C(=O)CN(C(=O)c3ccc(Cl)cc3)Cc3ccc(CCC(=O)N4CCSCC4)cc32)cc1. The summed E-state index contributed by atoms with van der Waals surface area (Å²) in [6, 6.07) is 19.8. The highest BCUT2D eigenvalue weighted by molar-refractivity contribution is 7.99. The van der Waals surface area contributed by atoms with Gasteiger partial charge in [0.05, 0.1) is 13.1 Å². The van der Waals surface area contributed by atoms with E-state index < -0.39 is 0 Å². The minimum atomic E-state index is -0.255. The predicted molar refractivity (Wildman–Crippen MR) is 182 cm³/mol. The molecule has 3 aliphatic rings. The molecule has 0 unspecified atom stereocenters. The van der Waals surface area contributed by atoms with Gasteiger partial charge in [-0.15, -0.1) is 0 Å². The third-order valence-corrected chi connectivity index (χ3v) is 9.81. The zero-order valence-electron chi connectivity index (χ0n) is 25.8. The molecular weight excluding hydrogens is 622 g/mol. The van der Waals surface area contributed by atoms with Crippen molar-refractivity contribution in [3.63, 3.8) is 0 Å². The highest BCUT2D eigenvalue weighted by Gasteiger charge is 2.30. The van der Waals surface area contributed by atoms with Gasteiger partial charge in [0.25, 0.3) is 5.91 Å². The van der Waals surface area contributed by atoms with Crippen LogP contribution in [0.15, 0.2) is 71.7 Å². The van der Waals surface area contributed by atoms with Gasteiger partial charge < -0.3 is 19.6 Å². The summed E-state index contributed by atoms with van der Waals surface area (Å²) in [5.74, 6) is 1.94. The Balaban J connectivity index is 1.26. The molecule has 0 aliphatic carbocycles. The van der Waals surface area contributed by atoms with E-state index in [1.54, 1.807) is 46.2 Å². The zero-order valence-corrected chi connectivity index (χ0v) is 27.4. The number of aliphatic imine (C=N–C) groups is 1.